The van der Waals surface area contributed by atoms with Crippen LogP contribution in [0.3, 0.4) is 0 Å². The summed E-state index contributed by atoms with van der Waals surface area (Å²) in [4.78, 5) is 27.3. The zero-order valence-corrected chi connectivity index (χ0v) is 21.0. The molecule has 0 radical (unpaired) electrons. The zero-order valence-electron chi connectivity index (χ0n) is 21.0. The first-order valence-corrected chi connectivity index (χ1v) is 13.5. The van der Waals surface area contributed by atoms with Gasteiger partial charge in [0.2, 0.25) is 5.95 Å². The molecule has 4 aliphatic rings. The minimum atomic E-state index is 0.00516. The smallest absolute Gasteiger partial charge is 0.273 e. The lowest BCUT2D eigenvalue weighted by Crippen LogP contribution is -2.47. The van der Waals surface area contributed by atoms with Gasteiger partial charge in [0.25, 0.3) is 5.91 Å². The Balaban J connectivity index is 1.32. The van der Waals surface area contributed by atoms with E-state index in [9.17, 15) is 4.79 Å². The van der Waals surface area contributed by atoms with Gasteiger partial charge in [-0.05, 0) is 69.1 Å². The van der Waals surface area contributed by atoms with Crippen LogP contribution in [0, 0.1) is 5.92 Å². The molecular weight excluding hydrogens is 438 g/mol. The fourth-order valence-corrected chi connectivity index (χ4v) is 5.98. The Morgan fingerprint density at radius 2 is 1.80 bits per heavy atom. The third-order valence-electron chi connectivity index (χ3n) is 8.25. The molecule has 1 unspecified atom stereocenters. The van der Waals surface area contributed by atoms with Crippen molar-refractivity contribution in [2.24, 2.45) is 5.92 Å². The van der Waals surface area contributed by atoms with Crippen molar-refractivity contribution < 1.29 is 9.53 Å². The second-order valence-corrected chi connectivity index (χ2v) is 11.0. The number of nitrogens with zero attached hydrogens (tertiary/aromatic N) is 4. The van der Waals surface area contributed by atoms with Gasteiger partial charge in [-0.2, -0.15) is 4.98 Å². The van der Waals surface area contributed by atoms with Gasteiger partial charge in [-0.25, -0.2) is 4.98 Å². The van der Waals surface area contributed by atoms with Gasteiger partial charge >= 0.3 is 0 Å². The summed E-state index contributed by atoms with van der Waals surface area (Å²) >= 11 is 0. The van der Waals surface area contributed by atoms with Gasteiger partial charge in [-0.3, -0.25) is 4.79 Å². The number of carbonyl (C=O) groups is 1. The average molecular weight is 476 g/mol. The van der Waals surface area contributed by atoms with Crippen LogP contribution in [0.15, 0.2) is 24.3 Å². The van der Waals surface area contributed by atoms with E-state index in [2.05, 4.69) is 48.3 Å². The van der Waals surface area contributed by atoms with Gasteiger partial charge < -0.3 is 19.9 Å². The van der Waals surface area contributed by atoms with Crippen molar-refractivity contribution in [1.29, 1.82) is 0 Å². The Bertz CT molecular complexity index is 1080. The number of amides is 1. The molecule has 7 nitrogen and oxygen atoms in total. The van der Waals surface area contributed by atoms with E-state index in [4.69, 9.17) is 14.7 Å². The van der Waals surface area contributed by atoms with Crippen LogP contribution in [0.5, 0.6) is 0 Å². The Kier molecular flexibility index (Phi) is 6.13. The van der Waals surface area contributed by atoms with Crippen LogP contribution in [0.25, 0.3) is 0 Å². The van der Waals surface area contributed by atoms with Gasteiger partial charge in [0.1, 0.15) is 11.5 Å². The van der Waals surface area contributed by atoms with Crippen molar-refractivity contribution in [2.45, 2.75) is 83.3 Å². The summed E-state index contributed by atoms with van der Waals surface area (Å²) in [6.45, 7) is 6.80. The van der Waals surface area contributed by atoms with E-state index in [-0.39, 0.29) is 11.9 Å². The zero-order chi connectivity index (χ0) is 23.9. The fourth-order valence-electron chi connectivity index (χ4n) is 5.98. The normalized spacial score (nSPS) is 23.2. The van der Waals surface area contributed by atoms with Crippen molar-refractivity contribution >= 4 is 23.4 Å². The Hall–Kier alpha value is -2.67. The number of hydrogen-bond donors (Lipinski definition) is 1. The topological polar surface area (TPSA) is 70.6 Å². The first kappa shape index (κ1) is 22.8. The Labute approximate surface area is 208 Å². The van der Waals surface area contributed by atoms with E-state index in [1.54, 1.807) is 0 Å². The quantitative estimate of drug-likeness (QED) is 0.616. The number of nitrogens with one attached hydrogen (secondary N) is 1. The number of rotatable bonds is 6. The summed E-state index contributed by atoms with van der Waals surface area (Å²) in [5, 5.41) is 3.57. The van der Waals surface area contributed by atoms with Crippen molar-refractivity contribution in [3.8, 4) is 0 Å². The Morgan fingerprint density at radius 3 is 2.51 bits per heavy atom. The molecule has 0 bridgehead atoms. The van der Waals surface area contributed by atoms with Crippen LogP contribution in [0.4, 0.5) is 17.5 Å². The number of hydrogen-bond acceptors (Lipinski definition) is 6. The predicted octanol–water partition coefficient (Wildman–Crippen LogP) is 5.25. The molecule has 1 aromatic carbocycles. The summed E-state index contributed by atoms with van der Waals surface area (Å²) in [6, 6.07) is 9.26. The number of carbonyl (C=O) groups excluding carboxylic acids is 1. The van der Waals surface area contributed by atoms with Crippen LogP contribution in [0.1, 0.15) is 86.3 Å². The molecule has 7 heteroatoms. The molecule has 1 aromatic heterocycles. The van der Waals surface area contributed by atoms with Gasteiger partial charge in [0.05, 0.1) is 25.8 Å². The first-order chi connectivity index (χ1) is 17.1. The van der Waals surface area contributed by atoms with Gasteiger partial charge in [-0.1, -0.05) is 31.4 Å². The summed E-state index contributed by atoms with van der Waals surface area (Å²) in [5.74, 6) is 2.74. The second kappa shape index (κ2) is 9.41. The monoisotopic (exact) mass is 475 g/mol. The number of ether oxygens (including phenoxy) is 1. The second-order valence-electron chi connectivity index (χ2n) is 11.0. The maximum atomic E-state index is 13.3. The van der Waals surface area contributed by atoms with Crippen molar-refractivity contribution in [2.75, 3.05) is 30.0 Å². The molecule has 0 spiro atoms. The van der Waals surface area contributed by atoms with Crippen molar-refractivity contribution in [3.05, 3.63) is 41.1 Å². The van der Waals surface area contributed by atoms with Crippen LogP contribution in [-0.4, -0.2) is 52.6 Å². The van der Waals surface area contributed by atoms with E-state index in [1.807, 2.05) is 4.90 Å². The molecule has 1 saturated heterocycles. The van der Waals surface area contributed by atoms with E-state index in [0.29, 0.717) is 49.3 Å². The number of morpholine rings is 1. The molecule has 2 aromatic rings. The largest absolute Gasteiger partial charge is 0.377 e. The summed E-state index contributed by atoms with van der Waals surface area (Å²) in [6.07, 6.45) is 9.10. The minimum absolute atomic E-state index is 0.00516. The highest BCUT2D eigenvalue weighted by Gasteiger charge is 2.40. The van der Waals surface area contributed by atoms with Gasteiger partial charge in [-0.15, -0.1) is 0 Å². The molecule has 3 heterocycles. The minimum Gasteiger partial charge on any atom is -0.377 e. The third-order valence-corrected chi connectivity index (χ3v) is 8.25. The SMILES string of the molecule is CC(C)N1Cc2c(Nc3ccc(C4CCCCC4)cc3)nc(N3CCOCC3C3CC3)nc2C1=O. The molecule has 6 rings (SSSR count). The summed E-state index contributed by atoms with van der Waals surface area (Å²) < 4.78 is 5.80. The molecule has 3 fully saturated rings. The summed E-state index contributed by atoms with van der Waals surface area (Å²) in [5.41, 5.74) is 3.89. The van der Waals surface area contributed by atoms with E-state index in [1.165, 1.54) is 50.5 Å². The Morgan fingerprint density at radius 1 is 1.03 bits per heavy atom. The van der Waals surface area contributed by atoms with Crippen LogP contribution in [0.2, 0.25) is 0 Å². The average Bonchev–Trinajstić information content (AvgIpc) is 3.68. The molecule has 35 heavy (non-hydrogen) atoms. The molecule has 2 saturated carbocycles. The van der Waals surface area contributed by atoms with Gasteiger partial charge in [0, 0.05) is 23.8 Å². The lowest BCUT2D eigenvalue weighted by Gasteiger charge is -2.36. The molecular formula is C28H37N5O2. The molecule has 2 aliphatic heterocycles. The molecule has 1 N–H and O–H groups in total. The maximum absolute atomic E-state index is 13.3. The highest BCUT2D eigenvalue weighted by atomic mass is 16.5. The van der Waals surface area contributed by atoms with E-state index >= 15 is 0 Å². The predicted molar refractivity (Wildman–Crippen MR) is 137 cm³/mol. The van der Waals surface area contributed by atoms with E-state index < -0.39 is 0 Å². The highest BCUT2D eigenvalue weighted by molar-refractivity contribution is 5.98. The standard InChI is InChI=1S/C28H37N5O2/c1-18(2)33-16-23-25(27(33)34)30-28(32-14-15-35-17-24(32)21-8-9-21)31-26(23)29-22-12-10-20(11-13-22)19-6-4-3-5-7-19/h10-13,18-19,21,24H,3-9,14-17H2,1-2H3,(H,29,30,31). The van der Waals surface area contributed by atoms with Crippen molar-refractivity contribution in [3.63, 3.8) is 0 Å². The molecule has 1 atom stereocenters. The fraction of sp³-hybridized carbons (Fsp3) is 0.607. The molecule has 1 amide bonds. The maximum Gasteiger partial charge on any atom is 0.273 e. The van der Waals surface area contributed by atoms with Crippen LogP contribution >= 0.6 is 0 Å². The number of aromatic nitrogens is 2. The van der Waals surface area contributed by atoms with Crippen LogP contribution in [-0.2, 0) is 11.3 Å². The number of anilines is 3. The number of benzene rings is 1. The van der Waals surface area contributed by atoms with Gasteiger partial charge in [0.15, 0.2) is 0 Å². The lowest BCUT2D eigenvalue weighted by atomic mass is 9.84. The van der Waals surface area contributed by atoms with E-state index in [0.717, 1.165) is 23.6 Å². The van der Waals surface area contributed by atoms with Crippen molar-refractivity contribution in [1.82, 2.24) is 14.9 Å². The first-order valence-electron chi connectivity index (χ1n) is 13.5. The van der Waals surface area contributed by atoms with Crippen LogP contribution < -0.4 is 10.2 Å². The molecule has 186 valence electrons. The molecule has 2 aliphatic carbocycles. The lowest BCUT2D eigenvalue weighted by molar-refractivity contribution is 0.0726. The third kappa shape index (κ3) is 4.51. The highest BCUT2D eigenvalue weighted by Crippen LogP contribution is 2.39. The number of fused-ring (bicyclic) bond motifs is 1. The summed E-state index contributed by atoms with van der Waals surface area (Å²) in [7, 11) is 0.